The zero-order valence-electron chi connectivity index (χ0n) is 32.2. The minimum atomic E-state index is 0. The topological polar surface area (TPSA) is 115 Å². The van der Waals surface area contributed by atoms with Gasteiger partial charge < -0.3 is 15.0 Å². The van der Waals surface area contributed by atoms with Crippen LogP contribution >= 0.6 is 0 Å². The van der Waals surface area contributed by atoms with Crippen LogP contribution in [0.1, 0.15) is 149 Å². The van der Waals surface area contributed by atoms with Crippen LogP contribution in [0.15, 0.2) is 61.3 Å². The summed E-state index contributed by atoms with van der Waals surface area (Å²) in [7, 11) is 0. The zero-order valence-corrected chi connectivity index (χ0v) is 32.2. The van der Waals surface area contributed by atoms with E-state index < -0.39 is 0 Å². The summed E-state index contributed by atoms with van der Waals surface area (Å²) in [5, 5.41) is 3.33. The Morgan fingerprint density at radius 1 is 0.712 bits per heavy atom. The first-order chi connectivity index (χ1) is 23.9. The maximum absolute atomic E-state index is 5.41. The fraction of sp³-hybridized carbons (Fsp3) is 0.595. The first-order valence-electron chi connectivity index (χ1n) is 18.4. The Morgan fingerprint density at radius 3 is 1.85 bits per heavy atom. The van der Waals surface area contributed by atoms with Gasteiger partial charge in [-0.25, -0.2) is 29.9 Å². The normalized spacial score (nSPS) is 16.4. The van der Waals surface area contributed by atoms with E-state index in [2.05, 4.69) is 107 Å². The van der Waals surface area contributed by atoms with E-state index in [9.17, 15) is 0 Å². The van der Waals surface area contributed by atoms with Crippen molar-refractivity contribution >= 4 is 11.9 Å². The fourth-order valence-corrected chi connectivity index (χ4v) is 5.17. The average molecular weight is 716 g/mol. The van der Waals surface area contributed by atoms with Crippen molar-refractivity contribution in [3.8, 4) is 0 Å². The van der Waals surface area contributed by atoms with Crippen LogP contribution in [0, 0.1) is 12.8 Å². The number of aryl methyl sites for hydroxylation is 1. The van der Waals surface area contributed by atoms with Crippen molar-refractivity contribution in [3.05, 3.63) is 89.8 Å². The molecule has 6 heterocycles. The lowest BCUT2D eigenvalue weighted by molar-refractivity contribution is 0.0874. The third kappa shape index (κ3) is 16.5. The summed E-state index contributed by atoms with van der Waals surface area (Å²) in [5.74, 6) is 5.22. The number of rotatable bonds is 7. The summed E-state index contributed by atoms with van der Waals surface area (Å²) in [5.41, 5.74) is 4.50. The zero-order chi connectivity index (χ0) is 36.5. The predicted molar refractivity (Wildman–Crippen MR) is 218 cm³/mol. The Kier molecular flexibility index (Phi) is 21.4. The standard InChI is InChI=1S/C12H19N3O.C12H19N3.C8H12N2.C8H11N.2CH4/c1-9(2)11-5-6-13-12(15-11)14-10-4-3-7-16-8-10;1-9(2)11-4-6-13-12(14-11)15-7-5-10(3)8-15;1-6(2)8-9-4-7(3)5-10-8;1-7(2)8-5-3-4-6-9-8;;/h5-6,9-10H,3-4,7-8H2,1-2H3,(H,13,14,15);4,6,9-10H,5,7-8H2,1-3H3;4-6H,1-3H3;3-7H,1-2H3;2*1H4. The van der Waals surface area contributed by atoms with Crippen molar-refractivity contribution in [3.63, 3.8) is 0 Å². The number of hydrogen-bond acceptors (Lipinski definition) is 10. The van der Waals surface area contributed by atoms with Gasteiger partial charge in [-0.15, -0.1) is 0 Å². The van der Waals surface area contributed by atoms with Gasteiger partial charge in [-0.05, 0) is 79.7 Å². The summed E-state index contributed by atoms with van der Waals surface area (Å²) in [4.78, 5) is 32.5. The maximum Gasteiger partial charge on any atom is 0.225 e. The molecule has 0 aliphatic carbocycles. The second-order valence-electron chi connectivity index (χ2n) is 14.5. The minimum Gasteiger partial charge on any atom is -0.379 e. The van der Waals surface area contributed by atoms with Crippen molar-refractivity contribution in [1.29, 1.82) is 0 Å². The molecule has 0 aromatic carbocycles. The van der Waals surface area contributed by atoms with Gasteiger partial charge in [0, 0.05) is 73.7 Å². The summed E-state index contributed by atoms with van der Waals surface area (Å²) in [6, 6.07) is 10.3. The van der Waals surface area contributed by atoms with Crippen molar-refractivity contribution in [1.82, 2.24) is 34.9 Å². The Morgan fingerprint density at radius 2 is 1.35 bits per heavy atom. The largest absolute Gasteiger partial charge is 0.379 e. The lowest BCUT2D eigenvalue weighted by Crippen LogP contribution is -2.30. The van der Waals surface area contributed by atoms with Crippen molar-refractivity contribution in [2.75, 3.05) is 36.5 Å². The number of ether oxygens (including phenoxy) is 1. The number of nitrogens with one attached hydrogen (secondary N) is 1. The first-order valence-corrected chi connectivity index (χ1v) is 18.4. The molecule has 2 saturated heterocycles. The van der Waals surface area contributed by atoms with E-state index >= 15 is 0 Å². The number of anilines is 2. The van der Waals surface area contributed by atoms with E-state index in [0.717, 1.165) is 85.4 Å². The van der Waals surface area contributed by atoms with Crippen LogP contribution in [-0.2, 0) is 4.74 Å². The van der Waals surface area contributed by atoms with Gasteiger partial charge in [0.1, 0.15) is 5.82 Å². The molecule has 0 saturated carbocycles. The predicted octanol–water partition coefficient (Wildman–Crippen LogP) is 10.0. The van der Waals surface area contributed by atoms with Crippen LogP contribution < -0.4 is 10.2 Å². The molecule has 52 heavy (non-hydrogen) atoms. The molecule has 0 radical (unpaired) electrons. The van der Waals surface area contributed by atoms with Crippen LogP contribution in [-0.4, -0.2) is 67.2 Å². The lowest BCUT2D eigenvalue weighted by Gasteiger charge is -2.23. The van der Waals surface area contributed by atoms with E-state index in [1.54, 1.807) is 0 Å². The molecular weight excluding hydrogens is 647 g/mol. The molecule has 0 bridgehead atoms. The molecule has 0 spiro atoms. The Hall–Kier alpha value is -4.05. The fourth-order valence-electron chi connectivity index (χ4n) is 5.17. The first kappa shape index (κ1) is 46.0. The van der Waals surface area contributed by atoms with E-state index in [-0.39, 0.29) is 14.9 Å². The molecule has 6 rings (SSSR count). The summed E-state index contributed by atoms with van der Waals surface area (Å²) < 4.78 is 5.41. The van der Waals surface area contributed by atoms with Crippen LogP contribution in [0.3, 0.4) is 0 Å². The smallest absolute Gasteiger partial charge is 0.225 e. The van der Waals surface area contributed by atoms with Gasteiger partial charge in [0.2, 0.25) is 11.9 Å². The maximum atomic E-state index is 5.41. The minimum absolute atomic E-state index is 0. The molecule has 2 aliphatic rings. The van der Waals surface area contributed by atoms with Crippen LogP contribution in [0.2, 0.25) is 0 Å². The van der Waals surface area contributed by atoms with E-state index in [1.165, 1.54) is 6.42 Å². The van der Waals surface area contributed by atoms with Gasteiger partial charge in [0.25, 0.3) is 0 Å². The van der Waals surface area contributed by atoms with Crippen molar-refractivity contribution in [2.45, 2.75) is 133 Å². The molecule has 2 atom stereocenters. The van der Waals surface area contributed by atoms with Crippen molar-refractivity contribution < 1.29 is 4.74 Å². The summed E-state index contributed by atoms with van der Waals surface area (Å²) in [6.07, 6.45) is 12.7. The molecule has 0 amide bonds. The Balaban J connectivity index is 0.000000352. The molecule has 2 unspecified atom stereocenters. The highest BCUT2D eigenvalue weighted by atomic mass is 16.5. The quantitative estimate of drug-likeness (QED) is 0.198. The van der Waals surface area contributed by atoms with E-state index in [1.807, 2.05) is 68.2 Å². The Bertz CT molecular complexity index is 1490. The van der Waals surface area contributed by atoms with Gasteiger partial charge in [0.15, 0.2) is 0 Å². The SMILES string of the molecule is C.C.CC(C)c1ccccn1.CC(C)c1ccnc(NC2CCCOC2)n1.CC1CCN(c2nccc(C(C)C)n2)C1.Cc1cnc(C(C)C)nc1. The second kappa shape index (κ2) is 24.2. The third-order valence-electron chi connectivity index (χ3n) is 8.32. The average Bonchev–Trinajstić information content (AvgIpc) is 3.56. The molecule has 10 nitrogen and oxygen atoms in total. The summed E-state index contributed by atoms with van der Waals surface area (Å²) >= 11 is 0. The number of pyridine rings is 1. The van der Waals surface area contributed by atoms with Crippen LogP contribution in [0.25, 0.3) is 0 Å². The number of aromatic nitrogens is 7. The highest BCUT2D eigenvalue weighted by Crippen LogP contribution is 2.21. The number of nitrogens with zero attached hydrogens (tertiary/aromatic N) is 8. The monoisotopic (exact) mass is 716 g/mol. The third-order valence-corrected chi connectivity index (χ3v) is 8.32. The molecule has 2 aliphatic heterocycles. The van der Waals surface area contributed by atoms with Gasteiger partial charge in [-0.1, -0.05) is 83.2 Å². The lowest BCUT2D eigenvalue weighted by atomic mass is 10.1. The van der Waals surface area contributed by atoms with Crippen LogP contribution in [0.4, 0.5) is 11.9 Å². The highest BCUT2D eigenvalue weighted by molar-refractivity contribution is 5.32. The molecular formula is C42H69N9O. The molecule has 1 N–H and O–H groups in total. The Labute approximate surface area is 316 Å². The van der Waals surface area contributed by atoms with E-state index in [4.69, 9.17) is 4.74 Å². The van der Waals surface area contributed by atoms with Crippen molar-refractivity contribution in [2.24, 2.45) is 5.92 Å². The highest BCUT2D eigenvalue weighted by Gasteiger charge is 2.21. The summed E-state index contributed by atoms with van der Waals surface area (Å²) in [6.45, 7) is 25.2. The molecule has 4 aromatic heterocycles. The van der Waals surface area contributed by atoms with Gasteiger partial charge in [-0.2, -0.15) is 0 Å². The molecule has 288 valence electrons. The molecule has 2 fully saturated rings. The molecule has 10 heteroatoms. The van der Waals surface area contributed by atoms with Gasteiger partial charge in [-0.3, -0.25) is 4.98 Å². The second-order valence-corrected chi connectivity index (χ2v) is 14.5. The molecule has 4 aromatic rings. The van der Waals surface area contributed by atoms with Gasteiger partial charge >= 0.3 is 0 Å². The van der Waals surface area contributed by atoms with Crippen LogP contribution in [0.5, 0.6) is 0 Å². The van der Waals surface area contributed by atoms with E-state index in [0.29, 0.717) is 29.7 Å². The van der Waals surface area contributed by atoms with Gasteiger partial charge in [0.05, 0.1) is 12.6 Å². The number of hydrogen-bond donors (Lipinski definition) is 1.